The van der Waals surface area contributed by atoms with Gasteiger partial charge in [0.2, 0.25) is 0 Å². The molecule has 1 aliphatic carbocycles. The van der Waals surface area contributed by atoms with Crippen molar-refractivity contribution < 1.29 is 14.3 Å². The van der Waals surface area contributed by atoms with Crippen LogP contribution in [0.25, 0.3) is 0 Å². The van der Waals surface area contributed by atoms with E-state index in [0.29, 0.717) is 30.8 Å². The number of amides is 3. The Morgan fingerprint density at radius 1 is 0.906 bits per heavy atom. The van der Waals surface area contributed by atoms with E-state index in [1.807, 2.05) is 35.2 Å². The number of nitrogens with zero attached hydrogens (tertiary/aromatic N) is 3. The highest BCUT2D eigenvalue weighted by Crippen LogP contribution is 2.33. The number of urea groups is 1. The van der Waals surface area contributed by atoms with Gasteiger partial charge in [-0.3, -0.25) is 0 Å². The van der Waals surface area contributed by atoms with E-state index >= 15 is 0 Å². The molecule has 0 radical (unpaired) electrons. The number of fused-ring (bicyclic) bond motifs is 1. The average Bonchev–Trinajstić information content (AvgIpc) is 3.19. The fourth-order valence-electron chi connectivity index (χ4n) is 6.19. The monoisotopic (exact) mass is 440 g/mol. The van der Waals surface area contributed by atoms with Gasteiger partial charge in [-0.1, -0.05) is 43.2 Å². The van der Waals surface area contributed by atoms with Crippen molar-refractivity contribution in [1.29, 1.82) is 0 Å². The molecule has 1 saturated carbocycles. The maximum absolute atomic E-state index is 12.6. The lowest BCUT2D eigenvalue weighted by Gasteiger charge is -2.44. The second-order valence-corrected chi connectivity index (χ2v) is 9.84. The largest absolute Gasteiger partial charge is 0.445 e. The zero-order valence-corrected chi connectivity index (χ0v) is 19.0. The predicted molar refractivity (Wildman–Crippen MR) is 122 cm³/mol. The number of benzene rings is 1. The maximum atomic E-state index is 12.6. The number of likely N-dealkylation sites (tertiary alicyclic amines) is 2. The van der Waals surface area contributed by atoms with Gasteiger partial charge in [0.1, 0.15) is 6.61 Å². The molecule has 7 heteroatoms. The van der Waals surface area contributed by atoms with Crippen molar-refractivity contribution in [3.8, 4) is 0 Å². The molecule has 1 unspecified atom stereocenters. The van der Waals surface area contributed by atoms with Gasteiger partial charge < -0.3 is 24.8 Å². The summed E-state index contributed by atoms with van der Waals surface area (Å²) in [6.07, 6.45) is 8.71. The van der Waals surface area contributed by atoms with Gasteiger partial charge in [-0.05, 0) is 44.1 Å². The van der Waals surface area contributed by atoms with Gasteiger partial charge in [0, 0.05) is 38.3 Å². The highest BCUT2D eigenvalue weighted by molar-refractivity contribution is 5.78. The Hall–Kier alpha value is -2.28. The van der Waals surface area contributed by atoms with Gasteiger partial charge in [0.05, 0.1) is 12.1 Å². The Balaban J connectivity index is 1.06. The Labute approximate surface area is 191 Å². The first-order valence-electron chi connectivity index (χ1n) is 12.5. The third kappa shape index (κ3) is 4.58. The molecule has 4 aliphatic rings. The van der Waals surface area contributed by atoms with Crippen LogP contribution in [0.15, 0.2) is 30.3 Å². The van der Waals surface area contributed by atoms with Crippen molar-refractivity contribution in [1.82, 2.24) is 20.0 Å². The fourth-order valence-corrected chi connectivity index (χ4v) is 6.19. The van der Waals surface area contributed by atoms with Gasteiger partial charge >= 0.3 is 12.1 Å². The summed E-state index contributed by atoms with van der Waals surface area (Å²) < 4.78 is 5.50. The molecule has 3 amide bonds. The lowest BCUT2D eigenvalue weighted by atomic mass is 9.89. The number of hydrogen-bond acceptors (Lipinski definition) is 4. The topological polar surface area (TPSA) is 65.1 Å². The molecule has 2 atom stereocenters. The third-order valence-electron chi connectivity index (χ3n) is 7.97. The van der Waals surface area contributed by atoms with Crippen LogP contribution in [0.4, 0.5) is 9.59 Å². The molecule has 3 heterocycles. The summed E-state index contributed by atoms with van der Waals surface area (Å²) in [6.45, 7) is 3.95. The van der Waals surface area contributed by atoms with E-state index in [0.717, 1.165) is 70.3 Å². The lowest BCUT2D eigenvalue weighted by Crippen LogP contribution is -2.53. The molecule has 174 valence electrons. The molecule has 3 saturated heterocycles. The van der Waals surface area contributed by atoms with Gasteiger partial charge in [0.25, 0.3) is 0 Å². The molecule has 5 rings (SSSR count). The van der Waals surface area contributed by atoms with Crippen LogP contribution in [0, 0.1) is 0 Å². The predicted octanol–water partition coefficient (Wildman–Crippen LogP) is 3.59. The molecule has 1 aromatic rings. The van der Waals surface area contributed by atoms with Gasteiger partial charge in [-0.15, -0.1) is 0 Å². The molecule has 0 aromatic heterocycles. The minimum atomic E-state index is -0.201. The van der Waals surface area contributed by atoms with Crippen LogP contribution >= 0.6 is 0 Å². The molecule has 3 aliphatic heterocycles. The van der Waals surface area contributed by atoms with Crippen LogP contribution in [0.3, 0.4) is 0 Å². The number of piperidine rings is 2. The molecule has 0 bridgehead atoms. The van der Waals surface area contributed by atoms with E-state index in [9.17, 15) is 9.59 Å². The fraction of sp³-hybridized carbons (Fsp3) is 0.680. The lowest BCUT2D eigenvalue weighted by molar-refractivity contribution is 0.0462. The average molecular weight is 441 g/mol. The minimum Gasteiger partial charge on any atom is -0.445 e. The molecule has 7 nitrogen and oxygen atoms in total. The van der Waals surface area contributed by atoms with Crippen molar-refractivity contribution in [2.45, 2.75) is 82.1 Å². The van der Waals surface area contributed by atoms with E-state index < -0.39 is 0 Å². The standard InChI is InChI=1S/C25H36N4O3/c30-24-26-22-8-4-5-9-23(22)29(24)21-12-14-27(15-13-21)20-10-16-28(17-11-20)25(31)32-18-19-6-2-1-3-7-19/h1-3,6-7,20-23H,4-5,8-18H2,(H,26,30)/t22?,23-/m1/s1. The van der Waals surface area contributed by atoms with Crippen LogP contribution in [0.2, 0.25) is 0 Å². The van der Waals surface area contributed by atoms with Crippen LogP contribution in [0.1, 0.15) is 56.9 Å². The van der Waals surface area contributed by atoms with Crippen molar-refractivity contribution in [2.24, 2.45) is 0 Å². The van der Waals surface area contributed by atoms with Crippen LogP contribution in [-0.4, -0.2) is 77.2 Å². The van der Waals surface area contributed by atoms with Crippen LogP contribution < -0.4 is 5.32 Å². The molecule has 0 spiro atoms. The summed E-state index contributed by atoms with van der Waals surface area (Å²) in [7, 11) is 0. The minimum absolute atomic E-state index is 0.169. The number of hydrogen-bond donors (Lipinski definition) is 1. The summed E-state index contributed by atoms with van der Waals surface area (Å²) in [5.41, 5.74) is 1.02. The van der Waals surface area contributed by atoms with Gasteiger partial charge in [-0.25, -0.2) is 9.59 Å². The Bertz CT molecular complexity index is 788. The molecule has 32 heavy (non-hydrogen) atoms. The molecule has 4 fully saturated rings. The van der Waals surface area contributed by atoms with Crippen molar-refractivity contribution in [3.63, 3.8) is 0 Å². The zero-order chi connectivity index (χ0) is 21.9. The van der Waals surface area contributed by atoms with E-state index in [-0.39, 0.29) is 12.1 Å². The first-order chi connectivity index (χ1) is 15.7. The molecule has 1 aromatic carbocycles. The van der Waals surface area contributed by atoms with Gasteiger partial charge in [-0.2, -0.15) is 0 Å². The number of carbonyl (C=O) groups is 2. The molecular formula is C25H36N4O3. The zero-order valence-electron chi connectivity index (χ0n) is 19.0. The first-order valence-corrected chi connectivity index (χ1v) is 12.5. The highest BCUT2D eigenvalue weighted by atomic mass is 16.6. The SMILES string of the molecule is O=C(OCc1ccccc1)N1CCC(N2CCC(N3C(=O)NC4CCCC[C@H]43)CC2)CC1. The summed E-state index contributed by atoms with van der Waals surface area (Å²) in [4.78, 5) is 31.7. The molecular weight excluding hydrogens is 404 g/mol. The van der Waals surface area contributed by atoms with E-state index in [1.165, 1.54) is 12.8 Å². The van der Waals surface area contributed by atoms with E-state index in [2.05, 4.69) is 15.1 Å². The quantitative estimate of drug-likeness (QED) is 0.777. The maximum Gasteiger partial charge on any atom is 0.410 e. The normalized spacial score (nSPS) is 27.8. The van der Waals surface area contributed by atoms with Crippen molar-refractivity contribution in [3.05, 3.63) is 35.9 Å². The highest BCUT2D eigenvalue weighted by Gasteiger charge is 2.44. The Morgan fingerprint density at radius 2 is 1.59 bits per heavy atom. The smallest absolute Gasteiger partial charge is 0.410 e. The van der Waals surface area contributed by atoms with E-state index in [4.69, 9.17) is 4.74 Å². The van der Waals surface area contributed by atoms with Crippen LogP contribution in [-0.2, 0) is 11.3 Å². The third-order valence-corrected chi connectivity index (χ3v) is 7.97. The number of carbonyl (C=O) groups excluding carboxylic acids is 2. The van der Waals surface area contributed by atoms with E-state index in [1.54, 1.807) is 0 Å². The summed E-state index contributed by atoms with van der Waals surface area (Å²) in [6, 6.07) is 11.7. The number of nitrogens with one attached hydrogen (secondary N) is 1. The molecule has 1 N–H and O–H groups in total. The summed E-state index contributed by atoms with van der Waals surface area (Å²) in [5, 5.41) is 3.24. The second kappa shape index (κ2) is 9.69. The summed E-state index contributed by atoms with van der Waals surface area (Å²) >= 11 is 0. The van der Waals surface area contributed by atoms with Gasteiger partial charge in [0.15, 0.2) is 0 Å². The second-order valence-electron chi connectivity index (χ2n) is 9.84. The number of rotatable bonds is 4. The first kappa shape index (κ1) is 21.6. The summed E-state index contributed by atoms with van der Waals surface area (Å²) in [5.74, 6) is 0. The Morgan fingerprint density at radius 3 is 2.34 bits per heavy atom. The number of ether oxygens (including phenoxy) is 1. The van der Waals surface area contributed by atoms with Crippen molar-refractivity contribution >= 4 is 12.1 Å². The van der Waals surface area contributed by atoms with Crippen molar-refractivity contribution in [2.75, 3.05) is 26.2 Å². The van der Waals surface area contributed by atoms with Crippen LogP contribution in [0.5, 0.6) is 0 Å². The Kier molecular flexibility index (Phi) is 6.53.